The predicted molar refractivity (Wildman–Crippen MR) is 52.0 cm³/mol. The standard InChI is InChI=1S/C10H12FN3/c1-2-9-4-6-14-10(13-9)8(3-5-11)7-12-14/h4,6-7H,2-3,5H2,1H3. The fraction of sp³-hybridized carbons (Fsp3) is 0.400. The minimum Gasteiger partial charge on any atom is -0.251 e. The lowest BCUT2D eigenvalue weighted by atomic mass is 10.2. The minimum atomic E-state index is -0.362. The minimum absolute atomic E-state index is 0.362. The molecule has 3 nitrogen and oxygen atoms in total. The van der Waals surface area contributed by atoms with Crippen LogP contribution in [0.3, 0.4) is 0 Å². The quantitative estimate of drug-likeness (QED) is 0.744. The molecule has 2 aromatic heterocycles. The van der Waals surface area contributed by atoms with Crippen LogP contribution in [0, 0.1) is 0 Å². The van der Waals surface area contributed by atoms with Crippen molar-refractivity contribution in [1.82, 2.24) is 14.6 Å². The first-order valence-corrected chi connectivity index (χ1v) is 4.73. The van der Waals surface area contributed by atoms with Crippen molar-refractivity contribution >= 4 is 5.65 Å². The van der Waals surface area contributed by atoms with Gasteiger partial charge in [0, 0.05) is 23.9 Å². The molecule has 0 spiro atoms. The van der Waals surface area contributed by atoms with E-state index in [0.717, 1.165) is 23.3 Å². The first-order valence-electron chi connectivity index (χ1n) is 4.73. The fourth-order valence-electron chi connectivity index (χ4n) is 1.43. The molecule has 0 aliphatic rings. The molecule has 0 radical (unpaired) electrons. The number of rotatable bonds is 3. The lowest BCUT2D eigenvalue weighted by Gasteiger charge is -1.98. The molecule has 0 unspecified atom stereocenters. The van der Waals surface area contributed by atoms with Crippen molar-refractivity contribution in [3.63, 3.8) is 0 Å². The summed E-state index contributed by atoms with van der Waals surface area (Å²) in [6.45, 7) is 1.68. The Morgan fingerprint density at radius 2 is 2.36 bits per heavy atom. The molecular weight excluding hydrogens is 181 g/mol. The Bertz CT molecular complexity index is 436. The van der Waals surface area contributed by atoms with Crippen LogP contribution in [-0.2, 0) is 12.8 Å². The van der Waals surface area contributed by atoms with Crippen molar-refractivity contribution in [2.45, 2.75) is 19.8 Å². The Morgan fingerprint density at radius 3 is 3.07 bits per heavy atom. The van der Waals surface area contributed by atoms with Crippen LogP contribution in [-0.4, -0.2) is 21.3 Å². The fourth-order valence-corrected chi connectivity index (χ4v) is 1.43. The first-order chi connectivity index (χ1) is 6.85. The number of fused-ring (bicyclic) bond motifs is 1. The smallest absolute Gasteiger partial charge is 0.158 e. The summed E-state index contributed by atoms with van der Waals surface area (Å²) in [7, 11) is 0. The molecule has 0 fully saturated rings. The summed E-state index contributed by atoms with van der Waals surface area (Å²) >= 11 is 0. The molecule has 0 N–H and O–H groups in total. The number of nitrogens with zero attached hydrogens (tertiary/aromatic N) is 3. The maximum Gasteiger partial charge on any atom is 0.158 e. The SMILES string of the molecule is CCc1ccn2ncc(CCF)c2n1. The van der Waals surface area contributed by atoms with Gasteiger partial charge in [-0.25, -0.2) is 9.50 Å². The van der Waals surface area contributed by atoms with Crippen molar-refractivity contribution in [1.29, 1.82) is 0 Å². The van der Waals surface area contributed by atoms with Gasteiger partial charge in [0.1, 0.15) is 0 Å². The van der Waals surface area contributed by atoms with E-state index in [1.54, 1.807) is 10.7 Å². The van der Waals surface area contributed by atoms with Crippen molar-refractivity contribution in [3.05, 3.63) is 29.7 Å². The van der Waals surface area contributed by atoms with Gasteiger partial charge in [-0.05, 0) is 12.5 Å². The molecule has 0 bridgehead atoms. The van der Waals surface area contributed by atoms with E-state index >= 15 is 0 Å². The van der Waals surface area contributed by atoms with E-state index in [1.807, 2.05) is 19.2 Å². The molecule has 2 heterocycles. The third-order valence-electron chi connectivity index (χ3n) is 2.23. The summed E-state index contributed by atoms with van der Waals surface area (Å²) < 4.78 is 13.9. The summed E-state index contributed by atoms with van der Waals surface area (Å²) in [6, 6.07) is 1.93. The topological polar surface area (TPSA) is 30.2 Å². The van der Waals surface area contributed by atoms with E-state index in [2.05, 4.69) is 10.1 Å². The third-order valence-corrected chi connectivity index (χ3v) is 2.23. The molecule has 4 heteroatoms. The number of aryl methyl sites for hydroxylation is 2. The summed E-state index contributed by atoms with van der Waals surface area (Å²) in [6.07, 6.45) is 4.82. The zero-order valence-corrected chi connectivity index (χ0v) is 8.07. The molecule has 14 heavy (non-hydrogen) atoms. The number of halogens is 1. The maximum absolute atomic E-state index is 12.2. The van der Waals surface area contributed by atoms with E-state index in [-0.39, 0.29) is 6.67 Å². The van der Waals surface area contributed by atoms with Crippen molar-refractivity contribution in [2.75, 3.05) is 6.67 Å². The van der Waals surface area contributed by atoms with E-state index < -0.39 is 0 Å². The van der Waals surface area contributed by atoms with Crippen LogP contribution in [0.25, 0.3) is 5.65 Å². The van der Waals surface area contributed by atoms with Gasteiger partial charge in [-0.2, -0.15) is 5.10 Å². The van der Waals surface area contributed by atoms with Gasteiger partial charge in [-0.15, -0.1) is 0 Å². The van der Waals surface area contributed by atoms with Crippen molar-refractivity contribution in [3.8, 4) is 0 Å². The van der Waals surface area contributed by atoms with Crippen molar-refractivity contribution in [2.24, 2.45) is 0 Å². The summed E-state index contributed by atoms with van der Waals surface area (Å²) in [5.74, 6) is 0. The average molecular weight is 193 g/mol. The van der Waals surface area contributed by atoms with Gasteiger partial charge in [0.2, 0.25) is 0 Å². The van der Waals surface area contributed by atoms with Gasteiger partial charge in [0.05, 0.1) is 12.9 Å². The molecule has 0 amide bonds. The van der Waals surface area contributed by atoms with Gasteiger partial charge in [-0.1, -0.05) is 6.92 Å². The van der Waals surface area contributed by atoms with E-state index in [4.69, 9.17) is 0 Å². The van der Waals surface area contributed by atoms with E-state index in [0.29, 0.717) is 6.42 Å². The summed E-state index contributed by atoms with van der Waals surface area (Å²) in [5, 5.41) is 4.10. The van der Waals surface area contributed by atoms with Gasteiger partial charge in [0.15, 0.2) is 5.65 Å². The second-order valence-electron chi connectivity index (χ2n) is 3.15. The highest BCUT2D eigenvalue weighted by molar-refractivity contribution is 5.46. The van der Waals surface area contributed by atoms with Crippen LogP contribution in [0.5, 0.6) is 0 Å². The largest absolute Gasteiger partial charge is 0.251 e. The Hall–Kier alpha value is -1.45. The van der Waals surface area contributed by atoms with E-state index in [1.165, 1.54) is 0 Å². The Morgan fingerprint density at radius 1 is 1.50 bits per heavy atom. The molecule has 0 saturated heterocycles. The zero-order valence-electron chi connectivity index (χ0n) is 8.07. The normalized spacial score (nSPS) is 11.0. The second-order valence-corrected chi connectivity index (χ2v) is 3.15. The number of hydrogen-bond acceptors (Lipinski definition) is 2. The predicted octanol–water partition coefficient (Wildman–Crippen LogP) is 1.80. The van der Waals surface area contributed by atoms with Crippen LogP contribution >= 0.6 is 0 Å². The molecule has 0 aliphatic heterocycles. The highest BCUT2D eigenvalue weighted by Crippen LogP contribution is 2.09. The van der Waals surface area contributed by atoms with Crippen LogP contribution in [0.2, 0.25) is 0 Å². The maximum atomic E-state index is 12.2. The molecular formula is C10H12FN3. The molecule has 0 aliphatic carbocycles. The molecule has 0 aromatic carbocycles. The summed E-state index contributed by atoms with van der Waals surface area (Å²) in [5.41, 5.74) is 2.67. The number of hydrogen-bond donors (Lipinski definition) is 0. The lowest BCUT2D eigenvalue weighted by molar-refractivity contribution is 0.496. The Balaban J connectivity index is 2.52. The van der Waals surface area contributed by atoms with Gasteiger partial charge < -0.3 is 0 Å². The number of alkyl halides is 1. The van der Waals surface area contributed by atoms with E-state index in [9.17, 15) is 4.39 Å². The highest BCUT2D eigenvalue weighted by Gasteiger charge is 2.05. The molecule has 74 valence electrons. The highest BCUT2D eigenvalue weighted by atomic mass is 19.1. The number of aromatic nitrogens is 3. The third kappa shape index (κ3) is 1.47. The van der Waals surface area contributed by atoms with Gasteiger partial charge in [-0.3, -0.25) is 4.39 Å². The zero-order chi connectivity index (χ0) is 9.97. The lowest BCUT2D eigenvalue weighted by Crippen LogP contribution is -1.95. The average Bonchev–Trinajstić information content (AvgIpc) is 2.61. The first kappa shape index (κ1) is 9.12. The van der Waals surface area contributed by atoms with Crippen LogP contribution < -0.4 is 0 Å². The molecule has 2 rings (SSSR count). The molecule has 0 saturated carbocycles. The molecule has 0 atom stereocenters. The van der Waals surface area contributed by atoms with Crippen LogP contribution in [0.4, 0.5) is 4.39 Å². The van der Waals surface area contributed by atoms with Crippen molar-refractivity contribution < 1.29 is 4.39 Å². The summed E-state index contributed by atoms with van der Waals surface area (Å²) in [4.78, 5) is 4.41. The second kappa shape index (κ2) is 3.74. The Labute approximate surface area is 81.6 Å². The van der Waals surface area contributed by atoms with Crippen LogP contribution in [0.15, 0.2) is 18.5 Å². The van der Waals surface area contributed by atoms with Gasteiger partial charge in [0.25, 0.3) is 0 Å². The Kier molecular flexibility index (Phi) is 2.43. The van der Waals surface area contributed by atoms with Gasteiger partial charge >= 0.3 is 0 Å². The monoisotopic (exact) mass is 193 g/mol. The van der Waals surface area contributed by atoms with Crippen LogP contribution in [0.1, 0.15) is 18.2 Å². The molecule has 2 aromatic rings.